The Labute approximate surface area is 172 Å². The van der Waals surface area contributed by atoms with Gasteiger partial charge in [0.1, 0.15) is 5.37 Å². The molecule has 1 fully saturated rings. The van der Waals surface area contributed by atoms with Crippen LogP contribution in [0.3, 0.4) is 0 Å². The zero-order valence-corrected chi connectivity index (χ0v) is 16.6. The van der Waals surface area contributed by atoms with Crippen LogP contribution >= 0.6 is 11.8 Å². The lowest BCUT2D eigenvalue weighted by atomic mass is 10.1. The maximum Gasteiger partial charge on any atom is 0.252 e. The zero-order chi connectivity index (χ0) is 19.8. The number of amides is 2. The predicted octanol–water partition coefficient (Wildman–Crippen LogP) is 2.81. The molecule has 7 nitrogen and oxygen atoms in total. The highest BCUT2D eigenvalue weighted by molar-refractivity contribution is 8.00. The fraction of sp³-hybridized carbons (Fsp3) is 0.333. The van der Waals surface area contributed by atoms with Gasteiger partial charge >= 0.3 is 0 Å². The van der Waals surface area contributed by atoms with Crippen LogP contribution in [0, 0.1) is 0 Å². The first-order chi connectivity index (χ1) is 14.2. The molecule has 3 aliphatic heterocycles. The molecular formula is C21H21N3O4S. The molecule has 3 aliphatic rings. The summed E-state index contributed by atoms with van der Waals surface area (Å²) in [6, 6.07) is 11.1. The highest BCUT2D eigenvalue weighted by atomic mass is 32.2. The van der Waals surface area contributed by atoms with Crippen LogP contribution in [0.5, 0.6) is 11.5 Å². The van der Waals surface area contributed by atoms with Gasteiger partial charge in [0, 0.05) is 17.0 Å². The van der Waals surface area contributed by atoms with Crippen molar-refractivity contribution in [2.75, 3.05) is 25.2 Å². The molecule has 1 saturated heterocycles. The fourth-order valence-corrected chi connectivity index (χ4v) is 4.94. The molecule has 2 aromatic carbocycles. The molecule has 0 spiro atoms. The molecule has 0 saturated carbocycles. The minimum absolute atomic E-state index is 0.0117. The minimum Gasteiger partial charge on any atom is -0.454 e. The Morgan fingerprint density at radius 3 is 2.83 bits per heavy atom. The van der Waals surface area contributed by atoms with Gasteiger partial charge in [-0.3, -0.25) is 14.5 Å². The van der Waals surface area contributed by atoms with E-state index >= 15 is 0 Å². The molecular weight excluding hydrogens is 390 g/mol. The smallest absolute Gasteiger partial charge is 0.252 e. The third kappa shape index (κ3) is 3.65. The highest BCUT2D eigenvalue weighted by Crippen LogP contribution is 2.38. The number of benzene rings is 2. The summed E-state index contributed by atoms with van der Waals surface area (Å²) < 4.78 is 10.7. The number of rotatable bonds is 4. The Morgan fingerprint density at radius 1 is 1.14 bits per heavy atom. The molecule has 3 heterocycles. The van der Waals surface area contributed by atoms with E-state index in [2.05, 4.69) is 15.5 Å². The van der Waals surface area contributed by atoms with Crippen molar-refractivity contribution in [1.82, 2.24) is 10.2 Å². The van der Waals surface area contributed by atoms with Gasteiger partial charge in [0.25, 0.3) is 11.8 Å². The van der Waals surface area contributed by atoms with Crippen LogP contribution in [-0.4, -0.2) is 42.0 Å². The summed E-state index contributed by atoms with van der Waals surface area (Å²) in [6.07, 6.45) is 2.28. The van der Waals surface area contributed by atoms with Crippen molar-refractivity contribution in [2.45, 2.75) is 29.7 Å². The van der Waals surface area contributed by atoms with Gasteiger partial charge in [-0.25, -0.2) is 0 Å². The Balaban J connectivity index is 1.25. The minimum atomic E-state index is -0.189. The average molecular weight is 411 g/mol. The van der Waals surface area contributed by atoms with Gasteiger partial charge in [-0.2, -0.15) is 0 Å². The second-order valence-electron chi connectivity index (χ2n) is 7.28. The van der Waals surface area contributed by atoms with Crippen molar-refractivity contribution < 1.29 is 19.1 Å². The highest BCUT2D eigenvalue weighted by Gasteiger charge is 2.33. The molecule has 0 aromatic heterocycles. The zero-order valence-electron chi connectivity index (χ0n) is 15.8. The van der Waals surface area contributed by atoms with Crippen LogP contribution in [0.15, 0.2) is 41.3 Å². The van der Waals surface area contributed by atoms with Gasteiger partial charge in [0.05, 0.1) is 5.69 Å². The normalized spacial score (nSPS) is 20.3. The number of fused-ring (bicyclic) bond motifs is 2. The lowest BCUT2D eigenvalue weighted by molar-refractivity contribution is -0.118. The van der Waals surface area contributed by atoms with Crippen LogP contribution < -0.4 is 20.1 Å². The molecule has 0 radical (unpaired) electrons. The fourth-order valence-electron chi connectivity index (χ4n) is 3.79. The Kier molecular flexibility index (Phi) is 4.81. The van der Waals surface area contributed by atoms with Crippen LogP contribution in [0.2, 0.25) is 0 Å². The summed E-state index contributed by atoms with van der Waals surface area (Å²) in [6.45, 7) is 2.52. The Bertz CT molecular complexity index is 974. The number of anilines is 1. The largest absolute Gasteiger partial charge is 0.454 e. The van der Waals surface area contributed by atoms with Gasteiger partial charge < -0.3 is 20.1 Å². The third-order valence-electron chi connectivity index (χ3n) is 5.32. The number of likely N-dealkylation sites (tertiary alicyclic amines) is 1. The van der Waals surface area contributed by atoms with Crippen molar-refractivity contribution >= 4 is 29.3 Å². The average Bonchev–Trinajstić information content (AvgIpc) is 3.42. The summed E-state index contributed by atoms with van der Waals surface area (Å²) >= 11 is 1.56. The quantitative estimate of drug-likeness (QED) is 0.806. The van der Waals surface area contributed by atoms with Crippen molar-refractivity contribution in [3.63, 3.8) is 0 Å². The van der Waals surface area contributed by atoms with E-state index in [1.54, 1.807) is 23.9 Å². The molecule has 2 amide bonds. The van der Waals surface area contributed by atoms with E-state index in [-0.39, 0.29) is 24.0 Å². The Morgan fingerprint density at radius 2 is 1.97 bits per heavy atom. The van der Waals surface area contributed by atoms with E-state index in [0.717, 1.165) is 42.1 Å². The van der Waals surface area contributed by atoms with E-state index in [1.165, 1.54) is 0 Å². The molecule has 8 heteroatoms. The van der Waals surface area contributed by atoms with Gasteiger partial charge in [-0.1, -0.05) is 17.8 Å². The van der Waals surface area contributed by atoms with E-state index in [9.17, 15) is 9.59 Å². The van der Waals surface area contributed by atoms with Gasteiger partial charge in [0.2, 0.25) is 6.79 Å². The van der Waals surface area contributed by atoms with Crippen LogP contribution in [0.1, 0.15) is 28.8 Å². The third-order valence-corrected chi connectivity index (χ3v) is 6.67. The molecule has 150 valence electrons. The molecule has 0 bridgehead atoms. The van der Waals surface area contributed by atoms with Gasteiger partial charge in [0.15, 0.2) is 11.5 Å². The van der Waals surface area contributed by atoms with E-state index in [0.29, 0.717) is 23.5 Å². The Hall–Kier alpha value is -2.71. The van der Waals surface area contributed by atoms with Crippen LogP contribution in [0.25, 0.3) is 0 Å². The molecule has 1 unspecified atom stereocenters. The summed E-state index contributed by atoms with van der Waals surface area (Å²) in [5.74, 6) is 1.21. The van der Waals surface area contributed by atoms with Gasteiger partial charge in [-0.15, -0.1) is 0 Å². The molecule has 2 N–H and O–H groups in total. The predicted molar refractivity (Wildman–Crippen MR) is 109 cm³/mol. The SMILES string of the molecule is O=C(NCc1ccc2c(c1)OCO2)c1ccc2c(c1)NC(=O)C(N1CCCC1)S2. The summed E-state index contributed by atoms with van der Waals surface area (Å²) in [5, 5.41) is 5.70. The second kappa shape index (κ2) is 7.61. The van der Waals surface area contributed by atoms with Crippen molar-refractivity contribution in [2.24, 2.45) is 0 Å². The number of nitrogens with zero attached hydrogens (tertiary/aromatic N) is 1. The molecule has 29 heavy (non-hydrogen) atoms. The summed E-state index contributed by atoms with van der Waals surface area (Å²) in [4.78, 5) is 28.3. The monoisotopic (exact) mass is 411 g/mol. The lowest BCUT2D eigenvalue weighted by Crippen LogP contribution is -2.42. The number of carbonyl (C=O) groups excluding carboxylic acids is 2. The lowest BCUT2D eigenvalue weighted by Gasteiger charge is -2.30. The first kappa shape index (κ1) is 18.3. The number of thioether (sulfide) groups is 1. The number of hydrogen-bond donors (Lipinski definition) is 2. The summed E-state index contributed by atoms with van der Waals surface area (Å²) in [7, 11) is 0. The van der Waals surface area contributed by atoms with Crippen molar-refractivity contribution in [1.29, 1.82) is 0 Å². The first-order valence-corrected chi connectivity index (χ1v) is 10.6. The number of carbonyl (C=O) groups is 2. The van der Waals surface area contributed by atoms with Crippen molar-refractivity contribution in [3.8, 4) is 11.5 Å². The standard InChI is InChI=1S/C21H21N3O4S/c25-19(22-11-13-3-5-16-17(9-13)28-12-27-16)14-4-6-18-15(10-14)23-20(26)21(29-18)24-7-1-2-8-24/h3-6,9-10,21H,1-2,7-8,11-12H2,(H,22,25)(H,23,26). The van der Waals surface area contributed by atoms with E-state index < -0.39 is 0 Å². The molecule has 0 aliphatic carbocycles. The maximum atomic E-state index is 12.6. The topological polar surface area (TPSA) is 79.9 Å². The van der Waals surface area contributed by atoms with E-state index in [1.807, 2.05) is 24.3 Å². The molecule has 5 rings (SSSR count). The summed E-state index contributed by atoms with van der Waals surface area (Å²) in [5.41, 5.74) is 2.15. The number of ether oxygens (including phenoxy) is 2. The van der Waals surface area contributed by atoms with Crippen LogP contribution in [0.4, 0.5) is 5.69 Å². The molecule has 2 aromatic rings. The number of nitrogens with one attached hydrogen (secondary N) is 2. The molecule has 1 atom stereocenters. The maximum absolute atomic E-state index is 12.6. The van der Waals surface area contributed by atoms with Crippen molar-refractivity contribution in [3.05, 3.63) is 47.5 Å². The first-order valence-electron chi connectivity index (χ1n) is 9.70. The van der Waals surface area contributed by atoms with Crippen LogP contribution in [-0.2, 0) is 11.3 Å². The second-order valence-corrected chi connectivity index (χ2v) is 8.41. The number of hydrogen-bond acceptors (Lipinski definition) is 6. The van der Waals surface area contributed by atoms with E-state index in [4.69, 9.17) is 9.47 Å². The van der Waals surface area contributed by atoms with Gasteiger partial charge in [-0.05, 0) is 61.8 Å².